The number of anilines is 9. The highest BCUT2D eigenvalue weighted by molar-refractivity contribution is 7.05. The van der Waals surface area contributed by atoms with Crippen LogP contribution in [0.25, 0.3) is 0 Å². The zero-order valence-corrected chi connectivity index (χ0v) is 41.3. The Kier molecular flexibility index (Phi) is 8.02. The number of hydrogen-bond donors (Lipinski definition) is 0. The molecule has 6 heteroatoms. The molecule has 7 aliphatic heterocycles. The Morgan fingerprint density at radius 3 is 1.32 bits per heavy atom. The van der Waals surface area contributed by atoms with Crippen molar-refractivity contribution in [1.82, 2.24) is 0 Å². The van der Waals surface area contributed by atoms with Crippen molar-refractivity contribution in [3.05, 3.63) is 214 Å². The summed E-state index contributed by atoms with van der Waals surface area (Å²) in [7, 11) is 0. The molecule has 16 rings (SSSR count). The summed E-state index contributed by atoms with van der Waals surface area (Å²) in [6.45, 7) is 14.6. The van der Waals surface area contributed by atoms with E-state index in [0.717, 1.165) is 6.42 Å². The molecular weight excluding hydrogens is 855 g/mol. The Labute approximate surface area is 419 Å². The lowest BCUT2D eigenvalue weighted by Gasteiger charge is -2.56. The summed E-state index contributed by atoms with van der Waals surface area (Å²) in [5.74, 6) is 1.21. The lowest BCUT2D eigenvalue weighted by atomic mass is 9.28. The van der Waals surface area contributed by atoms with E-state index < -0.39 is 0 Å². The van der Waals surface area contributed by atoms with Gasteiger partial charge in [-0.15, -0.1) is 0 Å². The molecule has 0 aromatic heterocycles. The summed E-state index contributed by atoms with van der Waals surface area (Å²) >= 11 is 0. The van der Waals surface area contributed by atoms with Crippen LogP contribution >= 0.6 is 0 Å². The summed E-state index contributed by atoms with van der Waals surface area (Å²) in [5, 5.41) is 0. The van der Waals surface area contributed by atoms with Crippen molar-refractivity contribution in [2.45, 2.75) is 71.6 Å². The fraction of sp³-hybridized carbons (Fsp3) is 0.169. The predicted molar refractivity (Wildman–Crippen MR) is 303 cm³/mol. The van der Waals surface area contributed by atoms with Gasteiger partial charge >= 0.3 is 0 Å². The number of benzene rings is 9. The van der Waals surface area contributed by atoms with Crippen molar-refractivity contribution in [1.29, 1.82) is 0 Å². The summed E-state index contributed by atoms with van der Waals surface area (Å²) in [4.78, 5) is 8.14. The lowest BCUT2D eigenvalue weighted by Crippen LogP contribution is -2.69. The average molecular weight is 908 g/mol. The van der Waals surface area contributed by atoms with E-state index >= 15 is 0 Å². The second kappa shape index (κ2) is 14.1. The second-order valence-corrected chi connectivity index (χ2v) is 22.4. The minimum atomic E-state index is 0.0143. The molecule has 0 fully saturated rings. The Morgan fingerprint density at radius 2 is 0.803 bits per heavy atom. The smallest absolute Gasteiger partial charge is 0.252 e. The first-order chi connectivity index (χ1) is 34.8. The highest BCUT2D eigenvalue weighted by Gasteiger charge is 2.57. The van der Waals surface area contributed by atoms with E-state index in [1.54, 1.807) is 0 Å². The third kappa shape index (κ3) is 4.99. The van der Waals surface area contributed by atoms with E-state index in [1.807, 2.05) is 0 Å². The Bertz CT molecular complexity index is 3820. The number of hydrogen-bond acceptors (Lipinski definition) is 3. The van der Waals surface area contributed by atoms with Gasteiger partial charge in [-0.2, -0.15) is 0 Å². The number of nitrogens with zero attached hydrogens (tertiary/aromatic N) is 3. The monoisotopic (exact) mass is 907 g/mol. The van der Waals surface area contributed by atoms with Crippen molar-refractivity contribution in [3.8, 4) is 0 Å². The second-order valence-electron chi connectivity index (χ2n) is 22.4. The molecule has 3 nitrogen and oxygen atoms in total. The minimum Gasteiger partial charge on any atom is -0.312 e. The molecule has 0 radical (unpaired) electrons. The van der Waals surface area contributed by atoms with Crippen molar-refractivity contribution >= 4 is 120 Å². The van der Waals surface area contributed by atoms with Gasteiger partial charge in [-0.1, -0.05) is 191 Å². The Morgan fingerprint density at radius 1 is 0.366 bits per heavy atom. The Balaban J connectivity index is 1.07. The van der Waals surface area contributed by atoms with Gasteiger partial charge in [0.2, 0.25) is 6.71 Å². The van der Waals surface area contributed by atoms with Crippen LogP contribution in [0.4, 0.5) is 51.2 Å². The first kappa shape index (κ1) is 40.3. The minimum absolute atomic E-state index is 0.0143. The predicted octanol–water partition coefficient (Wildman–Crippen LogP) is 9.98. The van der Waals surface area contributed by atoms with E-state index in [4.69, 9.17) is 0 Å². The van der Waals surface area contributed by atoms with Gasteiger partial charge in [-0.3, -0.25) is 0 Å². The fourth-order valence-electron chi connectivity index (χ4n) is 15.1. The van der Waals surface area contributed by atoms with Crippen LogP contribution in [0.3, 0.4) is 0 Å². The molecule has 1 unspecified atom stereocenters. The van der Waals surface area contributed by atoms with E-state index in [0.29, 0.717) is 17.8 Å². The molecule has 9 aromatic rings. The van der Waals surface area contributed by atoms with Crippen molar-refractivity contribution in [2.75, 3.05) is 14.7 Å². The molecule has 9 aromatic carbocycles. The summed E-state index contributed by atoms with van der Waals surface area (Å²) in [5.41, 5.74) is 36.4. The molecule has 0 saturated carbocycles. The molecule has 0 aliphatic carbocycles. The zero-order valence-electron chi connectivity index (χ0n) is 41.3. The number of fused-ring (bicyclic) bond motifs is 20. The van der Waals surface area contributed by atoms with Gasteiger partial charge in [0.1, 0.15) is 0 Å². The molecule has 0 bridgehead atoms. The molecule has 7 aliphatic rings. The van der Waals surface area contributed by atoms with Crippen molar-refractivity contribution in [2.24, 2.45) is 0 Å². The molecule has 0 amide bonds. The zero-order chi connectivity index (χ0) is 47.3. The largest absolute Gasteiger partial charge is 0.312 e. The highest BCUT2D eigenvalue weighted by Crippen LogP contribution is 2.63. The molecule has 0 spiro atoms. The van der Waals surface area contributed by atoms with Crippen LogP contribution in [0.2, 0.25) is 0 Å². The summed E-state index contributed by atoms with van der Waals surface area (Å²) in [6.07, 6.45) is 0.909. The normalized spacial score (nSPS) is 16.0. The molecule has 71 heavy (non-hydrogen) atoms. The molecule has 336 valence electrons. The molecule has 0 N–H and O–H groups in total. The maximum absolute atomic E-state index is 2.76. The van der Waals surface area contributed by atoms with Gasteiger partial charge in [-0.05, 0) is 132 Å². The van der Waals surface area contributed by atoms with Gasteiger partial charge < -0.3 is 14.7 Å². The first-order valence-corrected chi connectivity index (χ1v) is 26.3. The van der Waals surface area contributed by atoms with E-state index in [-0.39, 0.29) is 26.1 Å². The number of rotatable bonds is 4. The van der Waals surface area contributed by atoms with Crippen LogP contribution in [0.5, 0.6) is 0 Å². The van der Waals surface area contributed by atoms with Crippen LogP contribution < -0.4 is 63.9 Å². The summed E-state index contributed by atoms with van der Waals surface area (Å²) < 4.78 is 0. The van der Waals surface area contributed by atoms with Crippen LogP contribution in [-0.4, -0.2) is 20.1 Å². The van der Waals surface area contributed by atoms with Crippen LogP contribution in [0, 0.1) is 0 Å². The van der Waals surface area contributed by atoms with Gasteiger partial charge in [-0.25, -0.2) is 0 Å². The van der Waals surface area contributed by atoms with Crippen molar-refractivity contribution in [3.63, 3.8) is 0 Å². The molecule has 7 heterocycles. The molecule has 0 saturated heterocycles. The lowest BCUT2D eigenvalue weighted by molar-refractivity contribution is 0.812. The van der Waals surface area contributed by atoms with E-state index in [1.165, 1.54) is 145 Å². The quantitative estimate of drug-likeness (QED) is 0.163. The maximum Gasteiger partial charge on any atom is 0.252 e. The van der Waals surface area contributed by atoms with E-state index in [9.17, 15) is 0 Å². The van der Waals surface area contributed by atoms with Crippen LogP contribution in [0.15, 0.2) is 170 Å². The average Bonchev–Trinajstić information content (AvgIpc) is 3.42. The van der Waals surface area contributed by atoms with E-state index in [2.05, 4.69) is 226 Å². The summed E-state index contributed by atoms with van der Waals surface area (Å²) in [6, 6.07) is 66.8. The van der Waals surface area contributed by atoms with Gasteiger partial charge in [0.05, 0.1) is 11.4 Å². The standard InChI is InChI=1S/C65H52B3N3/c1-36(2)40-32-43(37(3)4)60(44(33-40)38(5)6)66-46-21-9-7-19-39(46)31-41-34-57-45(35-51(41)66)58-42-20-8-14-26-52(42)69-53-27-15-10-22-47(53)67-48-23-11-16-28-54(48)70-55-29-17-12-24-49(55)68-50-25-13-18-30-56(50)71(57)64-59(58)63(69)61(67)65(70)62(64)68/h7-30,32-38,58H,31H2,1-6H3. The topological polar surface area (TPSA) is 9.72 Å². The van der Waals surface area contributed by atoms with Gasteiger partial charge in [0.25, 0.3) is 13.4 Å². The first-order valence-electron chi connectivity index (χ1n) is 26.3. The third-order valence-corrected chi connectivity index (χ3v) is 17.9. The van der Waals surface area contributed by atoms with Crippen LogP contribution in [-0.2, 0) is 6.42 Å². The van der Waals surface area contributed by atoms with Crippen LogP contribution in [0.1, 0.15) is 110 Å². The fourth-order valence-corrected chi connectivity index (χ4v) is 15.1. The van der Waals surface area contributed by atoms with Crippen molar-refractivity contribution < 1.29 is 0 Å². The third-order valence-electron chi connectivity index (χ3n) is 17.9. The Hall–Kier alpha value is -7.43. The molecular formula is C65H52B3N3. The highest BCUT2D eigenvalue weighted by atomic mass is 15.2. The van der Waals surface area contributed by atoms with Gasteiger partial charge in [0, 0.05) is 51.3 Å². The SMILES string of the molecule is CC(C)c1cc(C(C)C)c(B2c3ccccc3Cc3cc4c(cc32)C2c3ccccc3N3c5ccccc5B5c6ccccc6N6c7ccccc7B7c8ccccc8N4c4c7c6c5c3c42)c(C(C)C)c1. The maximum atomic E-state index is 2.76. The number of para-hydroxylation sites is 5. The van der Waals surface area contributed by atoms with Gasteiger partial charge in [0.15, 0.2) is 0 Å². The molecule has 1 atom stereocenters.